The van der Waals surface area contributed by atoms with Gasteiger partial charge >= 0.3 is 0 Å². The maximum absolute atomic E-state index is 12.6. The van der Waals surface area contributed by atoms with Crippen molar-refractivity contribution in [3.05, 3.63) is 48.0 Å². The summed E-state index contributed by atoms with van der Waals surface area (Å²) in [6.45, 7) is 1.32. The number of aromatic nitrogens is 3. The summed E-state index contributed by atoms with van der Waals surface area (Å²) in [5.74, 6) is 0.00669. The summed E-state index contributed by atoms with van der Waals surface area (Å²) in [6.07, 6.45) is 5.33. The first-order valence-corrected chi connectivity index (χ1v) is 9.96. The third kappa shape index (κ3) is 4.64. The van der Waals surface area contributed by atoms with Crippen LogP contribution in [0.4, 0.5) is 0 Å². The minimum atomic E-state index is -3.23. The lowest BCUT2D eigenvalue weighted by atomic mass is 10.1. The fraction of sp³-hybridized carbons (Fsp3) is 0.438. The summed E-state index contributed by atoms with van der Waals surface area (Å²) in [7, 11) is -3.23. The Labute approximate surface area is 146 Å². The van der Waals surface area contributed by atoms with Gasteiger partial charge in [0.1, 0.15) is 0 Å². The molecule has 25 heavy (non-hydrogen) atoms. The van der Waals surface area contributed by atoms with E-state index in [4.69, 9.17) is 0 Å². The largest absolute Gasteiger partial charge is 0.334 e. The zero-order valence-corrected chi connectivity index (χ0v) is 14.8. The Bertz CT molecular complexity index is 834. The highest BCUT2D eigenvalue weighted by Crippen LogP contribution is 2.23. The number of carbonyl (C=O) groups is 1. The maximum atomic E-state index is 12.6. The van der Waals surface area contributed by atoms with E-state index in [1.165, 1.54) is 0 Å². The van der Waals surface area contributed by atoms with Gasteiger partial charge in [-0.05, 0) is 24.6 Å². The number of fused-ring (bicyclic) bond motifs is 1. The average Bonchev–Trinajstić information content (AvgIpc) is 3.03. The fourth-order valence-electron chi connectivity index (χ4n) is 2.97. The van der Waals surface area contributed by atoms with Crippen LogP contribution in [0.1, 0.15) is 23.9 Å². The average molecular weight is 363 g/mol. The Morgan fingerprint density at radius 2 is 2.16 bits per heavy atom. The van der Waals surface area contributed by atoms with E-state index in [2.05, 4.69) is 14.8 Å². The molecule has 8 nitrogen and oxygen atoms in total. The molecule has 0 radical (unpaired) electrons. The minimum Gasteiger partial charge on any atom is -0.334 e. The van der Waals surface area contributed by atoms with Gasteiger partial charge in [0.15, 0.2) is 0 Å². The molecular formula is C16H21N5O3S. The molecule has 1 unspecified atom stereocenters. The standard InChI is InChI=1S/C16H21N5O3S/c1-25(23,24)19-9-6-15-12-20(11-14-5-8-18-21(14)15)16(22)10-13-4-2-3-7-17-13/h2-5,7-8,15,19H,6,9-12H2,1H3. The van der Waals surface area contributed by atoms with Gasteiger partial charge in [-0.2, -0.15) is 5.10 Å². The Balaban J connectivity index is 1.67. The number of pyridine rings is 1. The first kappa shape index (κ1) is 17.6. The molecule has 1 atom stereocenters. The predicted molar refractivity (Wildman–Crippen MR) is 92.1 cm³/mol. The lowest BCUT2D eigenvalue weighted by molar-refractivity contribution is -0.132. The van der Waals surface area contributed by atoms with Crippen molar-refractivity contribution in [2.75, 3.05) is 19.3 Å². The van der Waals surface area contributed by atoms with E-state index < -0.39 is 10.0 Å². The number of hydrogen-bond acceptors (Lipinski definition) is 5. The topological polar surface area (TPSA) is 97.2 Å². The normalized spacial score (nSPS) is 17.3. The van der Waals surface area contributed by atoms with Gasteiger partial charge in [-0.3, -0.25) is 14.5 Å². The monoisotopic (exact) mass is 363 g/mol. The van der Waals surface area contributed by atoms with Crippen molar-refractivity contribution >= 4 is 15.9 Å². The van der Waals surface area contributed by atoms with Crippen molar-refractivity contribution in [3.63, 3.8) is 0 Å². The van der Waals surface area contributed by atoms with Gasteiger partial charge in [-0.15, -0.1) is 0 Å². The number of nitrogens with one attached hydrogen (secondary N) is 1. The van der Waals surface area contributed by atoms with E-state index in [1.54, 1.807) is 17.3 Å². The highest BCUT2D eigenvalue weighted by Gasteiger charge is 2.28. The Morgan fingerprint density at radius 1 is 1.32 bits per heavy atom. The van der Waals surface area contributed by atoms with Crippen LogP contribution >= 0.6 is 0 Å². The second-order valence-corrected chi connectivity index (χ2v) is 7.98. The van der Waals surface area contributed by atoms with Crippen LogP contribution < -0.4 is 4.72 Å². The lowest BCUT2D eigenvalue weighted by Crippen LogP contribution is -2.43. The van der Waals surface area contributed by atoms with Gasteiger partial charge in [0.2, 0.25) is 15.9 Å². The summed E-state index contributed by atoms with van der Waals surface area (Å²) in [6, 6.07) is 7.34. The number of rotatable bonds is 6. The van der Waals surface area contributed by atoms with Crippen LogP contribution in [-0.2, 0) is 27.8 Å². The second kappa shape index (κ2) is 7.32. The van der Waals surface area contributed by atoms with Crippen LogP contribution in [0.3, 0.4) is 0 Å². The van der Waals surface area contributed by atoms with Gasteiger partial charge in [-0.25, -0.2) is 13.1 Å². The van der Waals surface area contributed by atoms with Crippen molar-refractivity contribution < 1.29 is 13.2 Å². The molecule has 134 valence electrons. The van der Waals surface area contributed by atoms with Crippen molar-refractivity contribution in [2.45, 2.75) is 25.4 Å². The molecule has 0 saturated carbocycles. The highest BCUT2D eigenvalue weighted by molar-refractivity contribution is 7.88. The molecule has 1 N–H and O–H groups in total. The lowest BCUT2D eigenvalue weighted by Gasteiger charge is -2.34. The number of hydrogen-bond donors (Lipinski definition) is 1. The number of nitrogens with zero attached hydrogens (tertiary/aromatic N) is 4. The van der Waals surface area contributed by atoms with E-state index in [1.807, 2.05) is 28.9 Å². The van der Waals surface area contributed by atoms with Gasteiger partial charge < -0.3 is 4.90 Å². The third-order valence-corrected chi connectivity index (χ3v) is 4.86. The van der Waals surface area contributed by atoms with Crippen molar-refractivity contribution in [3.8, 4) is 0 Å². The molecule has 9 heteroatoms. The van der Waals surface area contributed by atoms with Gasteiger partial charge in [-0.1, -0.05) is 6.07 Å². The summed E-state index contributed by atoms with van der Waals surface area (Å²) in [4.78, 5) is 18.6. The van der Waals surface area contributed by atoms with Crippen LogP contribution in [0, 0.1) is 0 Å². The molecule has 3 rings (SSSR count). The van der Waals surface area contributed by atoms with Crippen LogP contribution in [-0.4, -0.2) is 53.3 Å². The summed E-state index contributed by atoms with van der Waals surface area (Å²) in [5, 5.41) is 4.32. The summed E-state index contributed by atoms with van der Waals surface area (Å²) in [5.41, 5.74) is 1.69. The number of sulfonamides is 1. The SMILES string of the molecule is CS(=O)(=O)NCCC1CN(C(=O)Cc2ccccn2)Cc2ccnn21. The van der Waals surface area contributed by atoms with Crippen LogP contribution in [0.25, 0.3) is 0 Å². The van der Waals surface area contributed by atoms with E-state index in [9.17, 15) is 13.2 Å². The molecule has 0 spiro atoms. The quantitative estimate of drug-likeness (QED) is 0.798. The summed E-state index contributed by atoms with van der Waals surface area (Å²) < 4.78 is 26.9. The van der Waals surface area contributed by atoms with Gasteiger partial charge in [0.05, 0.1) is 31.0 Å². The molecule has 0 aromatic carbocycles. The van der Waals surface area contributed by atoms with Gasteiger partial charge in [0, 0.05) is 31.2 Å². The van der Waals surface area contributed by atoms with Crippen LogP contribution in [0.2, 0.25) is 0 Å². The fourth-order valence-corrected chi connectivity index (χ4v) is 3.46. The first-order chi connectivity index (χ1) is 11.9. The molecule has 1 aliphatic rings. The van der Waals surface area contributed by atoms with Crippen molar-refractivity contribution in [2.24, 2.45) is 0 Å². The molecule has 0 saturated heterocycles. The number of amides is 1. The molecule has 1 aliphatic heterocycles. The van der Waals surface area contributed by atoms with E-state index in [0.29, 0.717) is 26.1 Å². The summed E-state index contributed by atoms with van der Waals surface area (Å²) >= 11 is 0. The van der Waals surface area contributed by atoms with Crippen molar-refractivity contribution in [1.82, 2.24) is 24.4 Å². The van der Waals surface area contributed by atoms with Crippen LogP contribution in [0.15, 0.2) is 36.7 Å². The molecule has 0 aliphatic carbocycles. The maximum Gasteiger partial charge on any atom is 0.229 e. The zero-order valence-electron chi connectivity index (χ0n) is 14.0. The molecule has 2 aromatic rings. The second-order valence-electron chi connectivity index (χ2n) is 6.15. The van der Waals surface area contributed by atoms with E-state index >= 15 is 0 Å². The van der Waals surface area contributed by atoms with Crippen molar-refractivity contribution in [1.29, 1.82) is 0 Å². The smallest absolute Gasteiger partial charge is 0.229 e. The molecule has 0 fully saturated rings. The minimum absolute atomic E-state index is 0.00669. The molecule has 1 amide bonds. The Morgan fingerprint density at radius 3 is 2.88 bits per heavy atom. The predicted octanol–water partition coefficient (Wildman–Crippen LogP) is 0.343. The van der Waals surface area contributed by atoms with E-state index in [-0.39, 0.29) is 18.4 Å². The molecule has 0 bridgehead atoms. The molecule has 3 heterocycles. The molecular weight excluding hydrogens is 342 g/mol. The Kier molecular flexibility index (Phi) is 5.14. The molecule has 2 aromatic heterocycles. The van der Waals surface area contributed by atoms with Crippen LogP contribution in [0.5, 0.6) is 0 Å². The first-order valence-electron chi connectivity index (χ1n) is 8.07. The van der Waals surface area contributed by atoms with E-state index in [0.717, 1.165) is 17.6 Å². The third-order valence-electron chi connectivity index (χ3n) is 4.14. The Hall–Kier alpha value is -2.26. The highest BCUT2D eigenvalue weighted by atomic mass is 32.2. The zero-order chi connectivity index (χ0) is 17.9. The number of carbonyl (C=O) groups excluding carboxylic acids is 1. The van der Waals surface area contributed by atoms with Gasteiger partial charge in [0.25, 0.3) is 0 Å².